The van der Waals surface area contributed by atoms with Gasteiger partial charge in [0.25, 0.3) is 5.91 Å². The van der Waals surface area contributed by atoms with Gasteiger partial charge in [-0.2, -0.15) is 0 Å². The molecule has 1 N–H and O–H groups in total. The minimum atomic E-state index is -0.671. The van der Waals surface area contributed by atoms with Gasteiger partial charge in [-0.15, -0.1) is 0 Å². The van der Waals surface area contributed by atoms with Gasteiger partial charge in [0, 0.05) is 22.2 Å². The molecule has 0 aliphatic rings. The summed E-state index contributed by atoms with van der Waals surface area (Å²) in [5, 5.41) is 7.12. The van der Waals surface area contributed by atoms with Crippen LogP contribution < -0.4 is 10.1 Å². The number of rotatable bonds is 6. The predicted molar refractivity (Wildman–Crippen MR) is 102 cm³/mol. The van der Waals surface area contributed by atoms with Gasteiger partial charge in [-0.1, -0.05) is 35.8 Å². The van der Waals surface area contributed by atoms with E-state index in [0.29, 0.717) is 35.1 Å². The molecule has 7 heteroatoms. The van der Waals surface area contributed by atoms with Crippen molar-refractivity contribution in [2.24, 2.45) is 0 Å². The van der Waals surface area contributed by atoms with Crippen molar-refractivity contribution in [2.75, 3.05) is 11.9 Å². The third-order valence-corrected chi connectivity index (χ3v) is 4.19. The number of nitrogens with zero attached hydrogens (tertiary/aromatic N) is 1. The summed E-state index contributed by atoms with van der Waals surface area (Å²) >= 11 is 6.03. The van der Waals surface area contributed by atoms with Crippen molar-refractivity contribution in [3.63, 3.8) is 0 Å². The summed E-state index contributed by atoms with van der Waals surface area (Å²) in [6.07, 6.45) is 0.562. The quantitative estimate of drug-likeness (QED) is 0.618. The van der Waals surface area contributed by atoms with Crippen LogP contribution in [-0.4, -0.2) is 17.7 Å². The number of carbonyl (C=O) groups excluding carboxylic acids is 1. The van der Waals surface area contributed by atoms with Crippen LogP contribution in [0.25, 0.3) is 11.3 Å². The van der Waals surface area contributed by atoms with Crippen LogP contribution in [0.15, 0.2) is 47.0 Å². The fraction of sp³-hybridized carbons (Fsp3) is 0.200. The second-order valence-corrected chi connectivity index (χ2v) is 6.17. The highest BCUT2D eigenvalue weighted by Crippen LogP contribution is 2.31. The molecule has 1 heterocycles. The van der Waals surface area contributed by atoms with Crippen LogP contribution in [-0.2, 0) is 6.42 Å². The van der Waals surface area contributed by atoms with Crippen LogP contribution in [0.2, 0.25) is 5.02 Å². The van der Waals surface area contributed by atoms with Gasteiger partial charge in [-0.25, -0.2) is 4.39 Å². The fourth-order valence-corrected chi connectivity index (χ4v) is 2.89. The van der Waals surface area contributed by atoms with Crippen LogP contribution in [0.3, 0.4) is 0 Å². The molecule has 0 spiro atoms. The first-order valence-electron chi connectivity index (χ1n) is 8.51. The molecule has 5 nitrogen and oxygen atoms in total. The highest BCUT2D eigenvalue weighted by molar-refractivity contribution is 6.30. The number of halogens is 2. The lowest BCUT2D eigenvalue weighted by atomic mass is 10.1. The second-order valence-electron chi connectivity index (χ2n) is 5.73. The van der Waals surface area contributed by atoms with Gasteiger partial charge in [-0.05, 0) is 37.6 Å². The average Bonchev–Trinajstić information content (AvgIpc) is 3.04. The normalized spacial score (nSPS) is 10.7. The Hall–Kier alpha value is -2.86. The summed E-state index contributed by atoms with van der Waals surface area (Å²) in [5.74, 6) is -0.148. The van der Waals surface area contributed by atoms with Gasteiger partial charge in [0.1, 0.15) is 11.6 Å². The van der Waals surface area contributed by atoms with E-state index in [1.807, 2.05) is 13.0 Å². The molecule has 0 radical (unpaired) electrons. The maximum absolute atomic E-state index is 14.2. The molecule has 3 aromatic rings. The lowest BCUT2D eigenvalue weighted by molar-refractivity contribution is 0.102. The number of amides is 1. The summed E-state index contributed by atoms with van der Waals surface area (Å²) in [4.78, 5) is 12.5. The number of carbonyl (C=O) groups is 1. The number of anilines is 1. The third-order valence-electron chi connectivity index (χ3n) is 3.96. The van der Waals surface area contributed by atoms with E-state index in [9.17, 15) is 9.18 Å². The number of nitrogens with one attached hydrogen (secondary N) is 1. The standard InChI is InChI=1S/C20H18ClFN2O3/c1-3-15-18(12-6-5-7-13(21)10-12)27-24-19(15)23-20(25)16-9-8-14(26-4-2)11-17(16)22/h5-11H,3-4H2,1-2H3,(H,23,24,25). The summed E-state index contributed by atoms with van der Waals surface area (Å²) in [5.41, 5.74) is 1.35. The highest BCUT2D eigenvalue weighted by Gasteiger charge is 2.20. The van der Waals surface area contributed by atoms with Crippen molar-refractivity contribution >= 4 is 23.3 Å². The molecule has 0 atom stereocenters. The second kappa shape index (κ2) is 8.22. The molecule has 0 unspecified atom stereocenters. The van der Waals surface area contributed by atoms with Crippen LogP contribution >= 0.6 is 11.6 Å². The Bertz CT molecular complexity index is 972. The molecule has 0 fully saturated rings. The first-order chi connectivity index (χ1) is 13.0. The molecule has 2 aromatic carbocycles. The average molecular weight is 389 g/mol. The predicted octanol–water partition coefficient (Wildman–Crippen LogP) is 5.35. The van der Waals surface area contributed by atoms with Crippen molar-refractivity contribution in [1.29, 1.82) is 0 Å². The zero-order valence-corrected chi connectivity index (χ0v) is 15.6. The summed E-state index contributed by atoms with van der Waals surface area (Å²) in [7, 11) is 0. The number of ether oxygens (including phenoxy) is 1. The highest BCUT2D eigenvalue weighted by atomic mass is 35.5. The smallest absolute Gasteiger partial charge is 0.259 e. The topological polar surface area (TPSA) is 64.4 Å². The molecule has 27 heavy (non-hydrogen) atoms. The van der Waals surface area contributed by atoms with Crippen LogP contribution in [0.5, 0.6) is 5.75 Å². The zero-order chi connectivity index (χ0) is 19.4. The first kappa shape index (κ1) is 18.9. The lowest BCUT2D eigenvalue weighted by Gasteiger charge is -2.07. The van der Waals surface area contributed by atoms with E-state index in [1.54, 1.807) is 31.2 Å². The van der Waals surface area contributed by atoms with E-state index in [4.69, 9.17) is 20.9 Å². The van der Waals surface area contributed by atoms with Gasteiger partial charge in [0.2, 0.25) is 0 Å². The molecule has 140 valence electrons. The van der Waals surface area contributed by atoms with E-state index in [1.165, 1.54) is 12.1 Å². The minimum Gasteiger partial charge on any atom is -0.494 e. The largest absolute Gasteiger partial charge is 0.494 e. The van der Waals surface area contributed by atoms with E-state index in [-0.39, 0.29) is 11.4 Å². The summed E-state index contributed by atoms with van der Waals surface area (Å²) < 4.78 is 24.9. The molecule has 1 amide bonds. The molecule has 0 aliphatic carbocycles. The van der Waals surface area contributed by atoms with Gasteiger partial charge in [0.05, 0.1) is 12.2 Å². The Morgan fingerprint density at radius 2 is 2.07 bits per heavy atom. The molecule has 0 saturated heterocycles. The molecule has 3 rings (SSSR count). The Kier molecular flexibility index (Phi) is 5.76. The summed E-state index contributed by atoms with van der Waals surface area (Å²) in [6.45, 7) is 4.12. The van der Waals surface area contributed by atoms with Crippen LogP contribution in [0.4, 0.5) is 10.2 Å². The van der Waals surface area contributed by atoms with Crippen molar-refractivity contribution in [2.45, 2.75) is 20.3 Å². The van der Waals surface area contributed by atoms with Crippen molar-refractivity contribution in [1.82, 2.24) is 5.16 Å². The maximum Gasteiger partial charge on any atom is 0.259 e. The van der Waals surface area contributed by atoms with E-state index >= 15 is 0 Å². The van der Waals surface area contributed by atoms with E-state index < -0.39 is 11.7 Å². The lowest BCUT2D eigenvalue weighted by Crippen LogP contribution is -2.15. The molecule has 0 aliphatic heterocycles. The minimum absolute atomic E-state index is 0.104. The Morgan fingerprint density at radius 3 is 2.74 bits per heavy atom. The molecule has 0 bridgehead atoms. The monoisotopic (exact) mass is 388 g/mol. The molecular formula is C20H18ClFN2O3. The molecule has 0 saturated carbocycles. The number of aromatic nitrogens is 1. The van der Waals surface area contributed by atoms with Gasteiger partial charge in [-0.3, -0.25) is 4.79 Å². The number of benzene rings is 2. The van der Waals surface area contributed by atoms with Gasteiger partial charge in [0.15, 0.2) is 11.6 Å². The fourth-order valence-electron chi connectivity index (χ4n) is 2.70. The Morgan fingerprint density at radius 1 is 1.26 bits per heavy atom. The van der Waals surface area contributed by atoms with Crippen molar-refractivity contribution in [3.05, 3.63) is 64.4 Å². The molecule has 1 aromatic heterocycles. The van der Waals surface area contributed by atoms with Crippen LogP contribution in [0, 0.1) is 5.82 Å². The maximum atomic E-state index is 14.2. The number of hydrogen-bond donors (Lipinski definition) is 1. The van der Waals surface area contributed by atoms with Crippen molar-refractivity contribution in [3.8, 4) is 17.1 Å². The first-order valence-corrected chi connectivity index (χ1v) is 8.89. The zero-order valence-electron chi connectivity index (χ0n) is 14.9. The molecular weight excluding hydrogens is 371 g/mol. The Balaban J connectivity index is 1.87. The van der Waals surface area contributed by atoms with E-state index in [2.05, 4.69) is 10.5 Å². The van der Waals surface area contributed by atoms with Gasteiger partial charge >= 0.3 is 0 Å². The SMILES string of the molecule is CCOc1ccc(C(=O)Nc2noc(-c3cccc(Cl)c3)c2CC)c(F)c1. The van der Waals surface area contributed by atoms with Crippen LogP contribution in [0.1, 0.15) is 29.8 Å². The van der Waals surface area contributed by atoms with Crippen molar-refractivity contribution < 1.29 is 18.4 Å². The van der Waals surface area contributed by atoms with E-state index in [0.717, 1.165) is 5.56 Å². The Labute approximate surface area is 161 Å². The van der Waals surface area contributed by atoms with Gasteiger partial charge < -0.3 is 14.6 Å². The number of hydrogen-bond acceptors (Lipinski definition) is 4. The summed E-state index contributed by atoms with van der Waals surface area (Å²) in [6, 6.07) is 11.2. The third kappa shape index (κ3) is 4.11.